The van der Waals surface area contributed by atoms with Gasteiger partial charge in [0, 0.05) is 6.42 Å². The van der Waals surface area contributed by atoms with Crippen LogP contribution in [0.25, 0.3) is 0 Å². The molecule has 0 bridgehead atoms. The Labute approximate surface area is 146 Å². The van der Waals surface area contributed by atoms with Crippen molar-refractivity contribution in [3.8, 4) is 0 Å². The van der Waals surface area contributed by atoms with Gasteiger partial charge in [-0.05, 0) is 24.2 Å². The molecule has 0 aromatic rings. The van der Waals surface area contributed by atoms with E-state index in [1.165, 1.54) is 0 Å². The van der Waals surface area contributed by atoms with E-state index >= 15 is 0 Å². The molecule has 0 aliphatic heterocycles. The molecule has 0 aliphatic carbocycles. The quantitative estimate of drug-likeness (QED) is 0.342. The summed E-state index contributed by atoms with van der Waals surface area (Å²) in [5.41, 5.74) is -0.854. The first-order chi connectivity index (χ1) is 10.9. The molecule has 140 valence electrons. The maximum atomic E-state index is 12.7. The van der Waals surface area contributed by atoms with E-state index in [9.17, 15) is 14.4 Å². The summed E-state index contributed by atoms with van der Waals surface area (Å²) in [4.78, 5) is 34.2. The van der Waals surface area contributed by atoms with Crippen LogP contribution in [0.4, 0.5) is 0 Å². The molecule has 24 heavy (non-hydrogen) atoms. The van der Waals surface area contributed by atoms with E-state index in [-0.39, 0.29) is 42.9 Å². The van der Waals surface area contributed by atoms with Gasteiger partial charge >= 0.3 is 11.9 Å². The summed E-state index contributed by atoms with van der Waals surface area (Å²) in [7, 11) is 0. The molecular weight excluding hydrogens is 308 g/mol. The molecule has 1 unspecified atom stereocenters. The molecule has 0 amide bonds. The maximum absolute atomic E-state index is 12.7. The summed E-state index contributed by atoms with van der Waals surface area (Å²) in [6.45, 7) is 14.5. The van der Waals surface area contributed by atoms with Crippen LogP contribution >= 0.6 is 0 Å². The number of hydrogen-bond donors (Lipinski definition) is 0. The molecule has 5 heteroatoms. The van der Waals surface area contributed by atoms with Crippen LogP contribution in [0.1, 0.15) is 74.1 Å². The molecule has 0 N–H and O–H groups in total. The molecule has 0 aromatic heterocycles. The number of carbonyl (C=O) groups excluding carboxylic acids is 3. The van der Waals surface area contributed by atoms with Crippen LogP contribution in [0.3, 0.4) is 0 Å². The summed E-state index contributed by atoms with van der Waals surface area (Å²) in [5, 5.41) is 0. The van der Waals surface area contributed by atoms with E-state index in [1.807, 2.05) is 27.7 Å². The van der Waals surface area contributed by atoms with Gasteiger partial charge in [-0.25, -0.2) is 0 Å². The Bertz CT molecular complexity index is 434. The Balaban J connectivity index is 4.69. The number of aldehydes is 1. The van der Waals surface area contributed by atoms with Gasteiger partial charge in [-0.15, -0.1) is 0 Å². The molecule has 0 fully saturated rings. The van der Waals surface area contributed by atoms with E-state index in [0.29, 0.717) is 6.29 Å². The molecule has 5 nitrogen and oxygen atoms in total. The second-order valence-corrected chi connectivity index (χ2v) is 8.34. The van der Waals surface area contributed by atoms with E-state index in [0.717, 1.165) is 12.8 Å². The second-order valence-electron chi connectivity index (χ2n) is 8.34. The van der Waals surface area contributed by atoms with Crippen molar-refractivity contribution in [3.63, 3.8) is 0 Å². The zero-order valence-electron chi connectivity index (χ0n) is 16.4. The molecule has 0 saturated heterocycles. The summed E-state index contributed by atoms with van der Waals surface area (Å²) < 4.78 is 10.3. The average molecular weight is 342 g/mol. The van der Waals surface area contributed by atoms with Crippen LogP contribution in [0.2, 0.25) is 0 Å². The molecule has 0 radical (unpaired) electrons. The lowest BCUT2D eigenvalue weighted by atomic mass is 9.60. The minimum atomic E-state index is -0.631. The Morgan fingerprint density at radius 2 is 1.50 bits per heavy atom. The van der Waals surface area contributed by atoms with Gasteiger partial charge in [0.05, 0.1) is 11.8 Å². The van der Waals surface area contributed by atoms with Crippen molar-refractivity contribution >= 4 is 18.2 Å². The molecule has 0 spiro atoms. The highest BCUT2D eigenvalue weighted by atomic mass is 16.6. The minimum absolute atomic E-state index is 0.0147. The smallest absolute Gasteiger partial charge is 0.312 e. The van der Waals surface area contributed by atoms with Crippen LogP contribution < -0.4 is 0 Å². The number of hydrogen-bond acceptors (Lipinski definition) is 5. The average Bonchev–Trinajstić information content (AvgIpc) is 2.47. The highest BCUT2D eigenvalue weighted by molar-refractivity contribution is 5.77. The summed E-state index contributed by atoms with van der Waals surface area (Å²) >= 11 is 0. The third-order valence-corrected chi connectivity index (χ3v) is 4.94. The van der Waals surface area contributed by atoms with Crippen molar-refractivity contribution < 1.29 is 23.9 Å². The Hall–Kier alpha value is -1.39. The van der Waals surface area contributed by atoms with E-state index in [1.54, 1.807) is 0 Å². The van der Waals surface area contributed by atoms with E-state index in [2.05, 4.69) is 20.8 Å². The fraction of sp³-hybridized carbons (Fsp3) is 0.842. The summed E-state index contributed by atoms with van der Waals surface area (Å²) in [5.74, 6) is -0.718. The fourth-order valence-corrected chi connectivity index (χ4v) is 2.42. The first-order valence-electron chi connectivity index (χ1n) is 8.66. The largest absolute Gasteiger partial charge is 0.462 e. The van der Waals surface area contributed by atoms with E-state index in [4.69, 9.17) is 9.47 Å². The fourth-order valence-electron chi connectivity index (χ4n) is 2.42. The first kappa shape index (κ1) is 22.6. The van der Waals surface area contributed by atoms with Crippen LogP contribution in [0.5, 0.6) is 0 Å². The first-order valence-corrected chi connectivity index (χ1v) is 8.66. The van der Waals surface area contributed by atoms with Gasteiger partial charge in [-0.1, -0.05) is 48.0 Å². The van der Waals surface area contributed by atoms with Gasteiger partial charge in [0.25, 0.3) is 0 Å². The van der Waals surface area contributed by atoms with Crippen LogP contribution in [-0.4, -0.2) is 31.4 Å². The maximum Gasteiger partial charge on any atom is 0.312 e. The Morgan fingerprint density at radius 1 is 0.958 bits per heavy atom. The van der Waals surface area contributed by atoms with Crippen LogP contribution in [-0.2, 0) is 23.9 Å². The van der Waals surface area contributed by atoms with Gasteiger partial charge in [-0.2, -0.15) is 0 Å². The van der Waals surface area contributed by atoms with E-state index < -0.39 is 11.4 Å². The second kappa shape index (κ2) is 9.19. The lowest BCUT2D eigenvalue weighted by Gasteiger charge is -2.44. The van der Waals surface area contributed by atoms with Gasteiger partial charge in [0.1, 0.15) is 19.5 Å². The standard InChI is InChI=1S/C19H34O5/c1-8-18(5,6)14-19(7,17(2,3)4)16(22)24-13-12-23-15(21)10-9-11-20/h11H,8-10,12-14H2,1-7H3. The van der Waals surface area contributed by atoms with Gasteiger partial charge < -0.3 is 14.3 Å². The van der Waals surface area contributed by atoms with Crippen molar-refractivity contribution in [2.45, 2.75) is 74.1 Å². The van der Waals surface area contributed by atoms with Crippen molar-refractivity contribution in [1.29, 1.82) is 0 Å². The molecule has 0 aromatic carbocycles. The molecular formula is C19H34O5. The Morgan fingerprint density at radius 3 is 1.96 bits per heavy atom. The van der Waals surface area contributed by atoms with Gasteiger partial charge in [0.2, 0.25) is 0 Å². The van der Waals surface area contributed by atoms with Crippen LogP contribution in [0.15, 0.2) is 0 Å². The normalized spacial score (nSPS) is 14.6. The predicted molar refractivity (Wildman–Crippen MR) is 93.5 cm³/mol. The van der Waals surface area contributed by atoms with Crippen molar-refractivity contribution in [2.24, 2.45) is 16.2 Å². The number of esters is 2. The predicted octanol–water partition coefficient (Wildman–Crippen LogP) is 3.93. The van der Waals surface area contributed by atoms with Gasteiger partial charge in [0.15, 0.2) is 0 Å². The summed E-state index contributed by atoms with van der Waals surface area (Å²) in [6.07, 6.45) is 2.57. The molecule has 1 atom stereocenters. The van der Waals surface area contributed by atoms with Crippen LogP contribution in [0, 0.1) is 16.2 Å². The Kier molecular flexibility index (Phi) is 8.65. The molecule has 0 rings (SSSR count). The zero-order chi connectivity index (χ0) is 19.0. The molecule has 0 heterocycles. The highest BCUT2D eigenvalue weighted by Gasteiger charge is 2.48. The van der Waals surface area contributed by atoms with Crippen molar-refractivity contribution in [1.82, 2.24) is 0 Å². The number of carbonyl (C=O) groups is 3. The lowest BCUT2D eigenvalue weighted by molar-refractivity contribution is -0.168. The molecule has 0 saturated carbocycles. The third-order valence-electron chi connectivity index (χ3n) is 4.94. The topological polar surface area (TPSA) is 69.7 Å². The van der Waals surface area contributed by atoms with Crippen molar-refractivity contribution in [3.05, 3.63) is 0 Å². The summed E-state index contributed by atoms with van der Waals surface area (Å²) in [6, 6.07) is 0. The highest BCUT2D eigenvalue weighted by Crippen LogP contribution is 2.48. The number of ether oxygens (including phenoxy) is 2. The number of rotatable bonds is 10. The van der Waals surface area contributed by atoms with Crippen molar-refractivity contribution in [2.75, 3.05) is 13.2 Å². The molecule has 0 aliphatic rings. The lowest BCUT2D eigenvalue weighted by Crippen LogP contribution is -2.45. The zero-order valence-corrected chi connectivity index (χ0v) is 16.4. The van der Waals surface area contributed by atoms with Gasteiger partial charge in [-0.3, -0.25) is 9.59 Å². The SMILES string of the molecule is CCC(C)(C)CC(C)(C(=O)OCCOC(=O)CCC=O)C(C)(C)C. The monoisotopic (exact) mass is 342 g/mol. The minimum Gasteiger partial charge on any atom is -0.462 e. The third kappa shape index (κ3) is 7.02.